The molecular weight excluding hydrogens is 316 g/mol. The van der Waals surface area contributed by atoms with E-state index in [1.54, 1.807) is 0 Å². The van der Waals surface area contributed by atoms with Gasteiger partial charge in [-0.25, -0.2) is 4.68 Å². The fraction of sp³-hybridized carbons (Fsp3) is 0.500. The van der Waals surface area contributed by atoms with Crippen molar-refractivity contribution in [3.63, 3.8) is 0 Å². The molecule has 1 aromatic heterocycles. The zero-order valence-corrected chi connectivity index (χ0v) is 15.2. The lowest BCUT2D eigenvalue weighted by Gasteiger charge is -2.38. The van der Waals surface area contributed by atoms with E-state index in [9.17, 15) is 4.79 Å². The number of benzene rings is 1. The largest absolute Gasteiger partial charge is 0.294 e. The highest BCUT2D eigenvalue weighted by atomic mass is 32.2. The molecule has 3 nitrogen and oxygen atoms in total. The molecule has 1 aromatic carbocycles. The number of thioether (sulfide) groups is 1. The van der Waals surface area contributed by atoms with Crippen molar-refractivity contribution in [2.24, 2.45) is 5.92 Å². The van der Waals surface area contributed by atoms with E-state index in [2.05, 4.69) is 22.9 Å². The summed E-state index contributed by atoms with van der Waals surface area (Å²) in [6.07, 6.45) is 6.04. The lowest BCUT2D eigenvalue weighted by Crippen LogP contribution is -2.32. The number of ketones is 1. The van der Waals surface area contributed by atoms with Crippen LogP contribution < -0.4 is 0 Å². The summed E-state index contributed by atoms with van der Waals surface area (Å²) in [5.74, 6) is 0.535. The molecule has 4 heteroatoms. The smallest absolute Gasteiger partial charge is 0.166 e. The molecule has 2 unspecified atom stereocenters. The topological polar surface area (TPSA) is 34.9 Å². The monoisotopic (exact) mass is 340 g/mol. The number of Topliss-reactive ketones (excluding diaryl/α,β-unsaturated/α-hetero) is 1. The van der Waals surface area contributed by atoms with Crippen LogP contribution in [0.1, 0.15) is 53.8 Å². The zero-order valence-electron chi connectivity index (χ0n) is 14.4. The average Bonchev–Trinajstić information content (AvgIpc) is 2.92. The summed E-state index contributed by atoms with van der Waals surface area (Å²) in [5.41, 5.74) is 3.92. The summed E-state index contributed by atoms with van der Waals surface area (Å²) >= 11 is 2.13. The Morgan fingerprint density at radius 2 is 1.92 bits per heavy atom. The van der Waals surface area contributed by atoms with E-state index in [-0.39, 0.29) is 5.92 Å². The van der Waals surface area contributed by atoms with Gasteiger partial charge in [-0.2, -0.15) is 16.9 Å². The summed E-state index contributed by atoms with van der Waals surface area (Å²) in [4.78, 5) is 13.1. The standard InChI is InChI=1S/C20H24N2OS/c1-13-9-14(2)22(21-13)17-6-3-5-15(10-17)20(23)16-11-18-7-4-8-19(12-16)24-18/h3,5-6,9-10,16,18-19H,4,7-8,11-12H2,1-2H3. The van der Waals surface area contributed by atoms with Gasteiger partial charge < -0.3 is 0 Å². The van der Waals surface area contributed by atoms with Gasteiger partial charge in [-0.3, -0.25) is 4.79 Å². The number of aromatic nitrogens is 2. The average molecular weight is 340 g/mol. The van der Waals surface area contributed by atoms with Gasteiger partial charge in [0.1, 0.15) is 0 Å². The number of hydrogen-bond donors (Lipinski definition) is 0. The quantitative estimate of drug-likeness (QED) is 0.757. The zero-order chi connectivity index (χ0) is 16.7. The summed E-state index contributed by atoms with van der Waals surface area (Å²) < 4.78 is 1.93. The number of fused-ring (bicyclic) bond motifs is 2. The van der Waals surface area contributed by atoms with Crippen LogP contribution in [-0.2, 0) is 0 Å². The Labute approximate surface area is 147 Å². The van der Waals surface area contributed by atoms with Crippen molar-refractivity contribution in [3.05, 3.63) is 47.3 Å². The first-order valence-corrected chi connectivity index (χ1v) is 9.88. The molecular formula is C20H24N2OS. The molecule has 0 saturated carbocycles. The first kappa shape index (κ1) is 15.9. The van der Waals surface area contributed by atoms with E-state index in [1.807, 2.05) is 42.8 Å². The molecule has 2 aliphatic rings. The molecule has 0 radical (unpaired) electrons. The van der Waals surface area contributed by atoms with Crippen molar-refractivity contribution < 1.29 is 4.79 Å². The van der Waals surface area contributed by atoms with Gasteiger partial charge in [0.05, 0.1) is 11.4 Å². The first-order chi connectivity index (χ1) is 11.6. The lowest BCUT2D eigenvalue weighted by atomic mass is 9.84. The van der Waals surface area contributed by atoms with Gasteiger partial charge in [-0.05, 0) is 57.7 Å². The molecule has 3 heterocycles. The van der Waals surface area contributed by atoms with Crippen LogP contribution in [0, 0.1) is 19.8 Å². The second-order valence-corrected chi connectivity index (χ2v) is 8.84. The van der Waals surface area contributed by atoms with Crippen molar-refractivity contribution in [3.8, 4) is 5.69 Å². The van der Waals surface area contributed by atoms with Gasteiger partial charge in [0.2, 0.25) is 0 Å². The molecule has 2 fully saturated rings. The minimum Gasteiger partial charge on any atom is -0.294 e. The van der Waals surface area contributed by atoms with E-state index in [0.717, 1.165) is 35.5 Å². The van der Waals surface area contributed by atoms with Crippen LogP contribution in [0.4, 0.5) is 0 Å². The van der Waals surface area contributed by atoms with Gasteiger partial charge in [-0.1, -0.05) is 18.6 Å². The van der Waals surface area contributed by atoms with Gasteiger partial charge in [-0.15, -0.1) is 0 Å². The second-order valence-electron chi connectivity index (χ2n) is 7.23. The molecule has 0 N–H and O–H groups in total. The van der Waals surface area contributed by atoms with Crippen LogP contribution in [0.15, 0.2) is 30.3 Å². The highest BCUT2D eigenvalue weighted by Gasteiger charge is 2.35. The Hall–Kier alpha value is -1.55. The normalized spacial score (nSPS) is 26.3. The Morgan fingerprint density at radius 1 is 1.17 bits per heavy atom. The third kappa shape index (κ3) is 3.04. The first-order valence-electron chi connectivity index (χ1n) is 8.93. The summed E-state index contributed by atoms with van der Waals surface area (Å²) in [6, 6.07) is 10.1. The molecule has 2 aromatic rings. The van der Waals surface area contributed by atoms with Gasteiger partial charge in [0, 0.05) is 27.7 Å². The van der Waals surface area contributed by atoms with Crippen molar-refractivity contribution >= 4 is 17.5 Å². The van der Waals surface area contributed by atoms with Crippen LogP contribution in [0.5, 0.6) is 0 Å². The van der Waals surface area contributed by atoms with Gasteiger partial charge in [0.25, 0.3) is 0 Å². The van der Waals surface area contributed by atoms with E-state index in [0.29, 0.717) is 16.3 Å². The van der Waals surface area contributed by atoms with Crippen molar-refractivity contribution in [2.45, 2.75) is 56.5 Å². The molecule has 2 atom stereocenters. The molecule has 0 amide bonds. The Kier molecular flexibility index (Phi) is 4.25. The number of rotatable bonds is 3. The maximum Gasteiger partial charge on any atom is 0.166 e. The fourth-order valence-corrected chi connectivity index (χ4v) is 6.03. The number of carbonyl (C=O) groups is 1. The molecule has 2 bridgehead atoms. The van der Waals surface area contributed by atoms with E-state index in [1.165, 1.54) is 19.3 Å². The molecule has 4 rings (SSSR count). The SMILES string of the molecule is Cc1cc(C)n(-c2cccc(C(=O)C3CC4CCCC(C3)S4)c2)n1. The third-order valence-electron chi connectivity index (χ3n) is 5.29. The van der Waals surface area contributed by atoms with Crippen LogP contribution in [0.25, 0.3) is 5.69 Å². The van der Waals surface area contributed by atoms with Crippen LogP contribution in [-0.4, -0.2) is 26.1 Å². The van der Waals surface area contributed by atoms with E-state index >= 15 is 0 Å². The number of aryl methyl sites for hydroxylation is 2. The maximum atomic E-state index is 13.1. The van der Waals surface area contributed by atoms with E-state index in [4.69, 9.17) is 0 Å². The van der Waals surface area contributed by atoms with Gasteiger partial charge in [0.15, 0.2) is 5.78 Å². The van der Waals surface area contributed by atoms with Crippen molar-refractivity contribution in [2.75, 3.05) is 0 Å². The number of carbonyl (C=O) groups excluding carboxylic acids is 1. The predicted molar refractivity (Wildman–Crippen MR) is 99.1 cm³/mol. The van der Waals surface area contributed by atoms with Crippen molar-refractivity contribution in [1.82, 2.24) is 9.78 Å². The Bertz CT molecular complexity index is 755. The molecule has 126 valence electrons. The number of nitrogens with zero attached hydrogens (tertiary/aromatic N) is 2. The van der Waals surface area contributed by atoms with Gasteiger partial charge >= 0.3 is 0 Å². The second kappa shape index (κ2) is 6.40. The maximum absolute atomic E-state index is 13.1. The minimum atomic E-state index is 0.206. The highest BCUT2D eigenvalue weighted by Crippen LogP contribution is 2.44. The van der Waals surface area contributed by atoms with Crippen molar-refractivity contribution in [1.29, 1.82) is 0 Å². The molecule has 0 aliphatic carbocycles. The molecule has 2 saturated heterocycles. The fourth-order valence-electron chi connectivity index (χ4n) is 4.19. The summed E-state index contributed by atoms with van der Waals surface area (Å²) in [5, 5.41) is 5.94. The third-order valence-corrected chi connectivity index (χ3v) is 6.91. The Balaban J connectivity index is 1.59. The van der Waals surface area contributed by atoms with Crippen LogP contribution in [0.2, 0.25) is 0 Å². The minimum absolute atomic E-state index is 0.206. The molecule has 0 spiro atoms. The lowest BCUT2D eigenvalue weighted by molar-refractivity contribution is 0.0896. The molecule has 2 aliphatic heterocycles. The predicted octanol–water partition coefficient (Wildman–Crippen LogP) is 4.74. The van der Waals surface area contributed by atoms with Crippen LogP contribution >= 0.6 is 11.8 Å². The molecule has 24 heavy (non-hydrogen) atoms. The highest BCUT2D eigenvalue weighted by molar-refractivity contribution is 8.00. The van der Waals surface area contributed by atoms with E-state index < -0.39 is 0 Å². The van der Waals surface area contributed by atoms with Crippen LogP contribution in [0.3, 0.4) is 0 Å². The summed E-state index contributed by atoms with van der Waals surface area (Å²) in [7, 11) is 0. The summed E-state index contributed by atoms with van der Waals surface area (Å²) in [6.45, 7) is 4.05. The number of hydrogen-bond acceptors (Lipinski definition) is 3. The Morgan fingerprint density at radius 3 is 2.58 bits per heavy atom.